The Labute approximate surface area is 148 Å². The number of hydrogen-bond donors (Lipinski definition) is 0. The van der Waals surface area contributed by atoms with Crippen LogP contribution in [0.1, 0.15) is 26.6 Å². The van der Waals surface area contributed by atoms with Crippen molar-refractivity contribution in [1.82, 2.24) is 19.7 Å². The molecule has 0 bridgehead atoms. The molecule has 3 heterocycles. The summed E-state index contributed by atoms with van der Waals surface area (Å²) in [5.41, 5.74) is 3.17. The fourth-order valence-corrected chi connectivity index (χ4v) is 4.21. The number of aryl methyl sites for hydroxylation is 2. The van der Waals surface area contributed by atoms with Gasteiger partial charge < -0.3 is 4.90 Å². The molecule has 0 radical (unpaired) electrons. The van der Waals surface area contributed by atoms with Crippen LogP contribution in [0.3, 0.4) is 0 Å². The second-order valence-electron chi connectivity index (χ2n) is 6.18. The Bertz CT molecular complexity index is 962. The molecule has 25 heavy (non-hydrogen) atoms. The second-order valence-corrected chi connectivity index (χ2v) is 7.26. The van der Waals surface area contributed by atoms with E-state index in [4.69, 9.17) is 0 Å². The number of nitrogens with zero attached hydrogens (tertiary/aromatic N) is 4. The number of halogens is 1. The van der Waals surface area contributed by atoms with Crippen LogP contribution in [0.5, 0.6) is 0 Å². The van der Waals surface area contributed by atoms with Crippen molar-refractivity contribution >= 4 is 17.2 Å². The Hall–Kier alpha value is -2.54. The highest BCUT2D eigenvalue weighted by Crippen LogP contribution is 2.32. The van der Waals surface area contributed by atoms with Crippen LogP contribution in [0, 0.1) is 12.7 Å². The molecule has 1 aliphatic rings. The van der Waals surface area contributed by atoms with E-state index < -0.39 is 0 Å². The smallest absolute Gasteiger partial charge is 0.257 e. The molecule has 0 saturated carbocycles. The molecule has 1 amide bonds. The number of thiazole rings is 1. The van der Waals surface area contributed by atoms with Gasteiger partial charge in [-0.25, -0.2) is 9.37 Å². The summed E-state index contributed by atoms with van der Waals surface area (Å²) in [6.45, 7) is 3.01. The van der Waals surface area contributed by atoms with Crippen molar-refractivity contribution in [1.29, 1.82) is 0 Å². The molecule has 0 unspecified atom stereocenters. The van der Waals surface area contributed by atoms with Crippen LogP contribution in [-0.4, -0.2) is 32.1 Å². The molecule has 0 saturated heterocycles. The van der Waals surface area contributed by atoms with Gasteiger partial charge in [-0.3, -0.25) is 9.48 Å². The maximum atomic E-state index is 13.4. The molecule has 1 aromatic carbocycles. The molecule has 0 spiro atoms. The number of rotatable bonds is 2. The summed E-state index contributed by atoms with van der Waals surface area (Å²) >= 11 is 1.53. The lowest BCUT2D eigenvalue weighted by Crippen LogP contribution is -2.35. The molecule has 2 aromatic heterocycles. The summed E-state index contributed by atoms with van der Waals surface area (Å²) in [5, 5.41) is 5.05. The Morgan fingerprint density at radius 1 is 1.36 bits per heavy atom. The second kappa shape index (κ2) is 6.07. The molecule has 5 nitrogen and oxygen atoms in total. The third kappa shape index (κ3) is 2.95. The van der Waals surface area contributed by atoms with E-state index in [1.54, 1.807) is 16.9 Å². The van der Waals surface area contributed by atoms with Gasteiger partial charge in [0.1, 0.15) is 10.8 Å². The first-order valence-electron chi connectivity index (χ1n) is 8.05. The number of amides is 1. The van der Waals surface area contributed by atoms with Crippen molar-refractivity contribution in [3.63, 3.8) is 0 Å². The van der Waals surface area contributed by atoms with Crippen LogP contribution in [0.2, 0.25) is 0 Å². The summed E-state index contributed by atoms with van der Waals surface area (Å²) in [6.07, 6.45) is 2.48. The number of hydrogen-bond acceptors (Lipinski definition) is 4. The monoisotopic (exact) mass is 356 g/mol. The SMILES string of the molecule is Cc1nn(C)cc1C(=O)N1CCc2nc(-c3cccc(F)c3)sc2C1. The van der Waals surface area contributed by atoms with Gasteiger partial charge in [-0.15, -0.1) is 11.3 Å². The van der Waals surface area contributed by atoms with Crippen molar-refractivity contribution in [2.24, 2.45) is 7.05 Å². The van der Waals surface area contributed by atoms with Crippen LogP contribution in [0.4, 0.5) is 4.39 Å². The Morgan fingerprint density at radius 3 is 2.92 bits per heavy atom. The summed E-state index contributed by atoms with van der Waals surface area (Å²) < 4.78 is 15.1. The summed E-state index contributed by atoms with van der Waals surface area (Å²) in [6, 6.07) is 6.46. The zero-order valence-corrected chi connectivity index (χ0v) is 14.8. The molecular formula is C18H17FN4OS. The maximum Gasteiger partial charge on any atom is 0.257 e. The van der Waals surface area contributed by atoms with Crippen molar-refractivity contribution in [3.05, 3.63) is 58.1 Å². The molecule has 1 aliphatic heterocycles. The topological polar surface area (TPSA) is 51.0 Å². The van der Waals surface area contributed by atoms with E-state index in [0.717, 1.165) is 26.8 Å². The van der Waals surface area contributed by atoms with Gasteiger partial charge in [0, 0.05) is 36.7 Å². The summed E-state index contributed by atoms with van der Waals surface area (Å²) in [7, 11) is 1.81. The standard InChI is InChI=1S/C18H17FN4OS/c1-11-14(9-22(2)21-11)18(24)23-7-6-15-16(10-23)25-17(20-15)12-4-3-5-13(19)8-12/h3-5,8-9H,6-7,10H2,1-2H3. The highest BCUT2D eigenvalue weighted by Gasteiger charge is 2.27. The fraction of sp³-hybridized carbons (Fsp3) is 0.278. The van der Waals surface area contributed by atoms with Gasteiger partial charge in [0.05, 0.1) is 23.5 Å². The van der Waals surface area contributed by atoms with Crippen LogP contribution < -0.4 is 0 Å². The lowest BCUT2D eigenvalue weighted by molar-refractivity contribution is 0.0735. The molecule has 7 heteroatoms. The largest absolute Gasteiger partial charge is 0.333 e. The van der Waals surface area contributed by atoms with Gasteiger partial charge in [0.2, 0.25) is 0 Å². The molecule has 3 aromatic rings. The number of aromatic nitrogens is 3. The van der Waals surface area contributed by atoms with E-state index >= 15 is 0 Å². The zero-order chi connectivity index (χ0) is 17.6. The molecular weight excluding hydrogens is 339 g/mol. The van der Waals surface area contributed by atoms with E-state index in [-0.39, 0.29) is 11.7 Å². The highest BCUT2D eigenvalue weighted by molar-refractivity contribution is 7.15. The van der Waals surface area contributed by atoms with Gasteiger partial charge in [0.15, 0.2) is 0 Å². The van der Waals surface area contributed by atoms with Crippen LogP contribution in [-0.2, 0) is 20.0 Å². The lowest BCUT2D eigenvalue weighted by Gasteiger charge is -2.25. The average molecular weight is 356 g/mol. The number of carbonyl (C=O) groups is 1. The Balaban J connectivity index is 1.59. The Kier molecular flexibility index (Phi) is 3.88. The van der Waals surface area contributed by atoms with E-state index in [1.807, 2.05) is 24.9 Å². The van der Waals surface area contributed by atoms with E-state index in [9.17, 15) is 9.18 Å². The normalized spacial score (nSPS) is 13.8. The zero-order valence-electron chi connectivity index (χ0n) is 14.0. The van der Waals surface area contributed by atoms with Crippen molar-refractivity contribution < 1.29 is 9.18 Å². The van der Waals surface area contributed by atoms with Crippen LogP contribution in [0.25, 0.3) is 10.6 Å². The van der Waals surface area contributed by atoms with E-state index in [0.29, 0.717) is 25.1 Å². The van der Waals surface area contributed by atoms with Crippen molar-refractivity contribution in [2.75, 3.05) is 6.54 Å². The minimum atomic E-state index is -0.269. The third-order valence-corrected chi connectivity index (χ3v) is 5.47. The molecule has 4 rings (SSSR count). The minimum Gasteiger partial charge on any atom is -0.333 e. The predicted molar refractivity (Wildman–Crippen MR) is 93.9 cm³/mol. The van der Waals surface area contributed by atoms with Crippen LogP contribution in [0.15, 0.2) is 30.5 Å². The van der Waals surface area contributed by atoms with Crippen molar-refractivity contribution in [3.8, 4) is 10.6 Å². The minimum absolute atomic E-state index is 0.00282. The Morgan fingerprint density at radius 2 is 2.20 bits per heavy atom. The fourth-order valence-electron chi connectivity index (χ4n) is 3.09. The van der Waals surface area contributed by atoms with Gasteiger partial charge in [-0.1, -0.05) is 12.1 Å². The number of fused-ring (bicyclic) bond motifs is 1. The third-order valence-electron chi connectivity index (χ3n) is 4.33. The van der Waals surface area contributed by atoms with E-state index in [2.05, 4.69) is 10.1 Å². The predicted octanol–water partition coefficient (Wildman–Crippen LogP) is 3.19. The molecule has 0 aliphatic carbocycles. The first-order chi connectivity index (χ1) is 12.0. The quantitative estimate of drug-likeness (QED) is 0.709. The van der Waals surface area contributed by atoms with E-state index in [1.165, 1.54) is 23.5 Å². The van der Waals surface area contributed by atoms with Gasteiger partial charge in [0.25, 0.3) is 5.91 Å². The molecule has 0 fully saturated rings. The first-order valence-corrected chi connectivity index (χ1v) is 8.87. The average Bonchev–Trinajstić information content (AvgIpc) is 3.16. The highest BCUT2D eigenvalue weighted by atomic mass is 32.1. The first kappa shape index (κ1) is 16.0. The number of carbonyl (C=O) groups excluding carboxylic acids is 1. The molecule has 128 valence electrons. The lowest BCUT2D eigenvalue weighted by atomic mass is 10.1. The van der Waals surface area contributed by atoms with Crippen LogP contribution >= 0.6 is 11.3 Å². The maximum absolute atomic E-state index is 13.4. The number of benzene rings is 1. The van der Waals surface area contributed by atoms with Gasteiger partial charge >= 0.3 is 0 Å². The van der Waals surface area contributed by atoms with Crippen molar-refractivity contribution in [2.45, 2.75) is 19.9 Å². The van der Waals surface area contributed by atoms with Gasteiger partial charge in [-0.05, 0) is 19.1 Å². The molecule has 0 atom stereocenters. The summed E-state index contributed by atoms with van der Waals surface area (Å²) in [5.74, 6) is -0.272. The van der Waals surface area contributed by atoms with Gasteiger partial charge in [-0.2, -0.15) is 5.10 Å². The molecule has 0 N–H and O–H groups in total. The summed E-state index contributed by atoms with van der Waals surface area (Å²) in [4.78, 5) is 20.3.